The first-order valence-corrected chi connectivity index (χ1v) is 8.41. The number of esters is 1. The van der Waals surface area contributed by atoms with Gasteiger partial charge < -0.3 is 10.5 Å². The largest absolute Gasteiger partial charge is 0.462 e. The molecule has 0 saturated heterocycles. The van der Waals surface area contributed by atoms with Gasteiger partial charge in [0.1, 0.15) is 16.4 Å². The number of ether oxygens (including phenoxy) is 1. The van der Waals surface area contributed by atoms with E-state index in [1.807, 2.05) is 0 Å². The quantitative estimate of drug-likeness (QED) is 0.644. The Labute approximate surface area is 140 Å². The summed E-state index contributed by atoms with van der Waals surface area (Å²) in [7, 11) is 0. The number of nitrogens with zero attached hydrogens (tertiary/aromatic N) is 2. The first kappa shape index (κ1) is 16.6. The van der Waals surface area contributed by atoms with Gasteiger partial charge in [0.25, 0.3) is 5.91 Å². The molecule has 0 radical (unpaired) electrons. The molecule has 0 unspecified atom stereocenters. The molecule has 6 nitrogen and oxygen atoms in total. The molecule has 1 aromatic carbocycles. The fourth-order valence-electron chi connectivity index (χ4n) is 1.82. The molecule has 0 aliphatic rings. The van der Waals surface area contributed by atoms with Gasteiger partial charge >= 0.3 is 5.97 Å². The van der Waals surface area contributed by atoms with E-state index in [1.54, 1.807) is 37.4 Å². The van der Waals surface area contributed by atoms with Crippen LogP contribution in [-0.4, -0.2) is 34.5 Å². The number of hydrogen-bond donors (Lipinski definition) is 1. The molecule has 0 atom stereocenters. The Morgan fingerprint density at radius 1 is 1.36 bits per heavy atom. The van der Waals surface area contributed by atoms with Crippen molar-refractivity contribution in [2.75, 3.05) is 18.6 Å². The highest BCUT2D eigenvalue weighted by Gasteiger charge is 2.26. The Morgan fingerprint density at radius 2 is 2.00 bits per heavy atom. The number of benzene rings is 1. The van der Waals surface area contributed by atoms with Crippen molar-refractivity contribution in [3.8, 4) is 0 Å². The highest BCUT2D eigenvalue weighted by molar-refractivity contribution is 9.10. The van der Waals surface area contributed by atoms with Crippen molar-refractivity contribution in [1.82, 2.24) is 9.78 Å². The van der Waals surface area contributed by atoms with Crippen LogP contribution in [0.5, 0.6) is 0 Å². The summed E-state index contributed by atoms with van der Waals surface area (Å²) in [5.74, 6) is -1.01. The number of rotatable bonds is 4. The third kappa shape index (κ3) is 3.17. The Hall–Kier alpha value is -1.80. The van der Waals surface area contributed by atoms with Crippen LogP contribution in [0, 0.1) is 0 Å². The van der Waals surface area contributed by atoms with Crippen molar-refractivity contribution in [3.63, 3.8) is 0 Å². The summed E-state index contributed by atoms with van der Waals surface area (Å²) < 4.78 is 6.85. The average Bonchev–Trinajstić information content (AvgIpc) is 2.84. The number of carbonyl (C=O) groups excluding carboxylic acids is 2. The van der Waals surface area contributed by atoms with E-state index >= 15 is 0 Å². The molecular formula is C14H14BrN3O3S. The molecule has 0 spiro atoms. The van der Waals surface area contributed by atoms with Gasteiger partial charge in [0.05, 0.1) is 6.61 Å². The van der Waals surface area contributed by atoms with Crippen LogP contribution in [0.15, 0.2) is 33.8 Å². The van der Waals surface area contributed by atoms with E-state index in [9.17, 15) is 9.59 Å². The minimum atomic E-state index is -0.584. The minimum Gasteiger partial charge on any atom is -0.462 e. The highest BCUT2D eigenvalue weighted by Crippen LogP contribution is 2.26. The lowest BCUT2D eigenvalue weighted by molar-refractivity contribution is 0.0523. The lowest BCUT2D eigenvalue weighted by Gasteiger charge is -2.04. The molecule has 22 heavy (non-hydrogen) atoms. The normalized spacial score (nSPS) is 10.5. The van der Waals surface area contributed by atoms with Crippen molar-refractivity contribution in [1.29, 1.82) is 0 Å². The van der Waals surface area contributed by atoms with Gasteiger partial charge in [-0.25, -0.2) is 4.79 Å². The summed E-state index contributed by atoms with van der Waals surface area (Å²) in [6.45, 7) is 1.92. The van der Waals surface area contributed by atoms with Gasteiger partial charge in [-0.3, -0.25) is 4.79 Å². The topological polar surface area (TPSA) is 87.2 Å². The lowest BCUT2D eigenvalue weighted by atomic mass is 10.2. The number of carbonyl (C=O) groups is 2. The molecule has 2 aromatic rings. The first-order chi connectivity index (χ1) is 10.5. The summed E-state index contributed by atoms with van der Waals surface area (Å²) >= 11 is 4.53. The summed E-state index contributed by atoms with van der Waals surface area (Å²) in [5.41, 5.74) is 6.48. The van der Waals surface area contributed by atoms with E-state index in [1.165, 1.54) is 11.8 Å². The average molecular weight is 384 g/mol. The third-order valence-corrected chi connectivity index (χ3v) is 4.05. The van der Waals surface area contributed by atoms with Crippen LogP contribution in [0.3, 0.4) is 0 Å². The number of hydrogen-bond acceptors (Lipinski definition) is 6. The molecule has 1 heterocycles. The van der Waals surface area contributed by atoms with Crippen molar-refractivity contribution < 1.29 is 14.3 Å². The van der Waals surface area contributed by atoms with Crippen molar-refractivity contribution in [2.45, 2.75) is 11.9 Å². The molecule has 0 bridgehead atoms. The zero-order valence-corrected chi connectivity index (χ0v) is 14.4. The molecule has 0 amide bonds. The van der Waals surface area contributed by atoms with Gasteiger partial charge in [0.2, 0.25) is 0 Å². The third-order valence-electron chi connectivity index (χ3n) is 2.85. The SMILES string of the molecule is CCOC(=O)c1c(SC)nn(C(=O)c2ccc(Br)cc2)c1N. The maximum atomic E-state index is 12.5. The molecule has 0 fully saturated rings. The smallest absolute Gasteiger partial charge is 0.344 e. The maximum Gasteiger partial charge on any atom is 0.344 e. The number of aromatic nitrogens is 2. The van der Waals surface area contributed by atoms with Crippen LogP contribution < -0.4 is 5.73 Å². The van der Waals surface area contributed by atoms with Crippen LogP contribution in [0.2, 0.25) is 0 Å². The van der Waals surface area contributed by atoms with Crippen LogP contribution >= 0.6 is 27.7 Å². The zero-order chi connectivity index (χ0) is 16.3. The van der Waals surface area contributed by atoms with E-state index < -0.39 is 11.9 Å². The number of thioether (sulfide) groups is 1. The maximum absolute atomic E-state index is 12.5. The molecule has 0 saturated carbocycles. The first-order valence-electron chi connectivity index (χ1n) is 6.39. The Balaban J connectivity index is 2.45. The molecular weight excluding hydrogens is 370 g/mol. The van der Waals surface area contributed by atoms with Gasteiger partial charge in [-0.15, -0.1) is 11.8 Å². The Bertz CT molecular complexity index is 713. The second-order valence-electron chi connectivity index (χ2n) is 4.21. The molecule has 116 valence electrons. The summed E-state index contributed by atoms with van der Waals surface area (Å²) in [6.07, 6.45) is 1.75. The minimum absolute atomic E-state index is 0.0179. The van der Waals surface area contributed by atoms with E-state index in [0.29, 0.717) is 10.6 Å². The van der Waals surface area contributed by atoms with Crippen LogP contribution in [0.4, 0.5) is 5.82 Å². The standard InChI is InChI=1S/C14H14BrN3O3S/c1-3-21-14(20)10-11(16)18(17-12(10)22-2)13(19)8-4-6-9(15)7-5-8/h4-7H,3,16H2,1-2H3. The van der Waals surface area contributed by atoms with Crippen LogP contribution in [0.25, 0.3) is 0 Å². The molecule has 0 aliphatic carbocycles. The van der Waals surface area contributed by atoms with Gasteiger partial charge in [-0.1, -0.05) is 15.9 Å². The van der Waals surface area contributed by atoms with E-state index in [0.717, 1.165) is 9.15 Å². The second kappa shape index (κ2) is 6.97. The van der Waals surface area contributed by atoms with Crippen molar-refractivity contribution in [3.05, 3.63) is 39.9 Å². The fraction of sp³-hybridized carbons (Fsp3) is 0.214. The number of nitrogens with two attached hydrogens (primary N) is 1. The molecule has 2 N–H and O–H groups in total. The number of halogens is 1. The molecule has 8 heteroatoms. The number of nitrogen functional groups attached to an aromatic ring is 1. The lowest BCUT2D eigenvalue weighted by Crippen LogP contribution is -2.17. The predicted molar refractivity (Wildman–Crippen MR) is 88.2 cm³/mol. The predicted octanol–water partition coefficient (Wildman–Crippen LogP) is 2.81. The molecule has 2 rings (SSSR count). The van der Waals surface area contributed by atoms with Crippen molar-refractivity contribution >= 4 is 45.4 Å². The van der Waals surface area contributed by atoms with Gasteiger partial charge in [-0.2, -0.15) is 9.78 Å². The monoisotopic (exact) mass is 383 g/mol. The van der Waals surface area contributed by atoms with E-state index in [2.05, 4.69) is 21.0 Å². The summed E-state index contributed by atoms with van der Waals surface area (Å²) in [5, 5.41) is 4.49. The Morgan fingerprint density at radius 3 is 2.55 bits per heavy atom. The summed E-state index contributed by atoms with van der Waals surface area (Å²) in [6, 6.07) is 6.79. The molecule has 1 aromatic heterocycles. The fourth-order valence-corrected chi connectivity index (χ4v) is 2.64. The highest BCUT2D eigenvalue weighted by atomic mass is 79.9. The van der Waals surface area contributed by atoms with Gasteiger partial charge in [-0.05, 0) is 37.4 Å². The second-order valence-corrected chi connectivity index (χ2v) is 5.92. The summed E-state index contributed by atoms with van der Waals surface area (Å²) in [4.78, 5) is 24.5. The Kier molecular flexibility index (Phi) is 5.25. The number of anilines is 1. The van der Waals surface area contributed by atoms with Gasteiger partial charge in [0, 0.05) is 10.0 Å². The van der Waals surface area contributed by atoms with E-state index in [4.69, 9.17) is 10.5 Å². The van der Waals surface area contributed by atoms with Crippen LogP contribution in [-0.2, 0) is 4.74 Å². The van der Waals surface area contributed by atoms with E-state index in [-0.39, 0.29) is 18.0 Å². The van der Waals surface area contributed by atoms with Crippen molar-refractivity contribution in [2.24, 2.45) is 0 Å². The van der Waals surface area contributed by atoms with Crippen LogP contribution in [0.1, 0.15) is 27.6 Å². The molecule has 0 aliphatic heterocycles. The zero-order valence-electron chi connectivity index (χ0n) is 12.0. The van der Waals surface area contributed by atoms with Gasteiger partial charge in [0.15, 0.2) is 0 Å².